The van der Waals surface area contributed by atoms with Gasteiger partial charge in [0.2, 0.25) is 10.0 Å². The lowest BCUT2D eigenvalue weighted by Gasteiger charge is -2.22. The third-order valence-electron chi connectivity index (χ3n) is 3.99. The summed E-state index contributed by atoms with van der Waals surface area (Å²) in [5, 5.41) is 7.83. The Labute approximate surface area is 129 Å². The van der Waals surface area contributed by atoms with Gasteiger partial charge in [-0.3, -0.25) is 0 Å². The van der Waals surface area contributed by atoms with E-state index in [1.165, 1.54) is 6.20 Å². The second-order valence-corrected chi connectivity index (χ2v) is 7.34. The van der Waals surface area contributed by atoms with Crippen molar-refractivity contribution < 1.29 is 12.9 Å². The molecule has 0 amide bonds. The average Bonchev–Trinajstić information content (AvgIpc) is 2.96. The first-order valence-corrected chi connectivity index (χ1v) is 9.03. The number of aryl methyl sites for hydroxylation is 1. The molecule has 3 rings (SSSR count). The highest BCUT2D eigenvalue weighted by molar-refractivity contribution is 7.89. The number of rotatable bonds is 5. The van der Waals surface area contributed by atoms with Crippen LogP contribution in [0.3, 0.4) is 0 Å². The highest BCUT2D eigenvalue weighted by Gasteiger charge is 2.20. The molecule has 1 aliphatic heterocycles. The van der Waals surface area contributed by atoms with Gasteiger partial charge in [0, 0.05) is 6.54 Å². The Hall–Kier alpha value is -1.51. The maximum absolute atomic E-state index is 12.4. The summed E-state index contributed by atoms with van der Waals surface area (Å²) in [6, 6.07) is 1.58. The first-order chi connectivity index (χ1) is 10.6. The van der Waals surface area contributed by atoms with E-state index in [1.807, 2.05) is 6.92 Å². The summed E-state index contributed by atoms with van der Waals surface area (Å²) in [4.78, 5) is 4.20. The molecule has 0 saturated carbocycles. The molecule has 8 heteroatoms. The van der Waals surface area contributed by atoms with Crippen molar-refractivity contribution in [2.75, 3.05) is 19.6 Å². The molecule has 3 heterocycles. The molecule has 1 fully saturated rings. The van der Waals surface area contributed by atoms with E-state index in [0.29, 0.717) is 30.0 Å². The molecule has 1 aliphatic rings. The quantitative estimate of drug-likeness (QED) is 0.854. The number of nitrogens with zero attached hydrogens (tertiary/aromatic N) is 2. The van der Waals surface area contributed by atoms with Crippen LogP contribution in [0.2, 0.25) is 0 Å². The van der Waals surface area contributed by atoms with E-state index in [-0.39, 0.29) is 4.90 Å². The van der Waals surface area contributed by atoms with E-state index in [0.717, 1.165) is 31.6 Å². The molecule has 0 bridgehead atoms. The summed E-state index contributed by atoms with van der Waals surface area (Å²) in [7, 11) is -3.56. The van der Waals surface area contributed by atoms with Gasteiger partial charge in [-0.1, -0.05) is 12.1 Å². The molecule has 120 valence electrons. The Morgan fingerprint density at radius 1 is 1.50 bits per heavy atom. The molecule has 1 saturated heterocycles. The summed E-state index contributed by atoms with van der Waals surface area (Å²) in [6.45, 7) is 4.24. The van der Waals surface area contributed by atoms with Crippen molar-refractivity contribution >= 4 is 21.1 Å². The third kappa shape index (κ3) is 3.13. The van der Waals surface area contributed by atoms with E-state index in [9.17, 15) is 8.42 Å². The topological polar surface area (TPSA) is 97.1 Å². The van der Waals surface area contributed by atoms with Crippen molar-refractivity contribution in [1.82, 2.24) is 20.2 Å². The molecule has 2 aromatic rings. The molecule has 0 aromatic carbocycles. The fourth-order valence-corrected chi connectivity index (χ4v) is 3.76. The maximum Gasteiger partial charge on any atom is 0.258 e. The Morgan fingerprint density at radius 2 is 2.36 bits per heavy atom. The number of nitrogens with one attached hydrogen (secondary N) is 2. The van der Waals surface area contributed by atoms with Gasteiger partial charge in [0.05, 0.1) is 17.3 Å². The number of piperidine rings is 1. The maximum atomic E-state index is 12.4. The summed E-state index contributed by atoms with van der Waals surface area (Å²) in [5.74, 6) is 0.335. The molecule has 1 unspecified atom stereocenters. The monoisotopic (exact) mass is 324 g/mol. The van der Waals surface area contributed by atoms with Gasteiger partial charge in [0.25, 0.3) is 5.71 Å². The minimum Gasteiger partial charge on any atom is -0.336 e. The molecule has 22 heavy (non-hydrogen) atoms. The predicted octanol–water partition coefficient (Wildman–Crippen LogP) is 1.06. The molecule has 0 radical (unpaired) electrons. The molecule has 0 aliphatic carbocycles. The Bertz CT molecular complexity index is 751. The van der Waals surface area contributed by atoms with Crippen LogP contribution in [-0.2, 0) is 16.4 Å². The second-order valence-electron chi connectivity index (χ2n) is 5.57. The highest BCUT2D eigenvalue weighted by atomic mass is 32.2. The number of hydrogen-bond donors (Lipinski definition) is 2. The number of fused-ring (bicyclic) bond motifs is 1. The summed E-state index contributed by atoms with van der Waals surface area (Å²) in [5.41, 5.74) is 1.09. The van der Waals surface area contributed by atoms with Gasteiger partial charge in [-0.25, -0.2) is 18.1 Å². The van der Waals surface area contributed by atoms with Gasteiger partial charge in [-0.05, 0) is 44.3 Å². The van der Waals surface area contributed by atoms with Gasteiger partial charge in [0.15, 0.2) is 0 Å². The zero-order valence-corrected chi connectivity index (χ0v) is 13.3. The van der Waals surface area contributed by atoms with Crippen molar-refractivity contribution in [3.63, 3.8) is 0 Å². The van der Waals surface area contributed by atoms with Crippen LogP contribution >= 0.6 is 0 Å². The minimum absolute atomic E-state index is 0.154. The van der Waals surface area contributed by atoms with Crippen molar-refractivity contribution in [1.29, 1.82) is 0 Å². The summed E-state index contributed by atoms with van der Waals surface area (Å²) >= 11 is 0. The van der Waals surface area contributed by atoms with Crippen LogP contribution < -0.4 is 10.0 Å². The van der Waals surface area contributed by atoms with Crippen LogP contribution in [0.15, 0.2) is 21.7 Å². The van der Waals surface area contributed by atoms with Crippen LogP contribution in [0.5, 0.6) is 0 Å². The number of hydrogen-bond acceptors (Lipinski definition) is 6. The van der Waals surface area contributed by atoms with E-state index < -0.39 is 10.0 Å². The molecule has 7 nitrogen and oxygen atoms in total. The largest absolute Gasteiger partial charge is 0.336 e. The van der Waals surface area contributed by atoms with Crippen LogP contribution in [0.4, 0.5) is 0 Å². The Balaban J connectivity index is 1.78. The number of sulfonamides is 1. The third-order valence-corrected chi connectivity index (χ3v) is 5.38. The van der Waals surface area contributed by atoms with E-state index in [1.54, 1.807) is 6.07 Å². The molecule has 0 spiro atoms. The average molecular weight is 324 g/mol. The van der Waals surface area contributed by atoms with Gasteiger partial charge >= 0.3 is 0 Å². The van der Waals surface area contributed by atoms with Gasteiger partial charge in [-0.15, -0.1) is 0 Å². The van der Waals surface area contributed by atoms with Gasteiger partial charge in [0.1, 0.15) is 4.90 Å². The lowest BCUT2D eigenvalue weighted by Crippen LogP contribution is -2.38. The molecular weight excluding hydrogens is 304 g/mol. The molecular formula is C14H20N4O3S. The highest BCUT2D eigenvalue weighted by Crippen LogP contribution is 2.20. The lowest BCUT2D eigenvalue weighted by molar-refractivity contribution is 0.376. The van der Waals surface area contributed by atoms with Crippen molar-refractivity contribution in [3.05, 3.63) is 18.0 Å². The van der Waals surface area contributed by atoms with Crippen molar-refractivity contribution in [2.24, 2.45) is 5.92 Å². The summed E-state index contributed by atoms with van der Waals surface area (Å²) in [6.07, 6.45) is 4.10. The second kappa shape index (κ2) is 6.31. The first kappa shape index (κ1) is 15.4. The van der Waals surface area contributed by atoms with Gasteiger partial charge in [-0.2, -0.15) is 0 Å². The van der Waals surface area contributed by atoms with Crippen LogP contribution in [0.1, 0.15) is 25.5 Å². The van der Waals surface area contributed by atoms with Crippen LogP contribution in [0.25, 0.3) is 11.1 Å². The Morgan fingerprint density at radius 3 is 3.09 bits per heavy atom. The molecule has 2 aromatic heterocycles. The normalized spacial score (nSPS) is 19.6. The smallest absolute Gasteiger partial charge is 0.258 e. The van der Waals surface area contributed by atoms with Crippen LogP contribution in [0, 0.1) is 5.92 Å². The zero-order valence-electron chi connectivity index (χ0n) is 12.5. The van der Waals surface area contributed by atoms with Crippen molar-refractivity contribution in [3.8, 4) is 0 Å². The van der Waals surface area contributed by atoms with Crippen LogP contribution in [-0.4, -0.2) is 38.2 Å². The zero-order chi connectivity index (χ0) is 15.6. The van der Waals surface area contributed by atoms with E-state index in [2.05, 4.69) is 20.2 Å². The van der Waals surface area contributed by atoms with E-state index in [4.69, 9.17) is 4.52 Å². The SMILES string of the molecule is CCc1noc2ncc(S(=O)(=O)NCC3CCCNC3)cc12. The molecule has 1 atom stereocenters. The number of pyridine rings is 1. The fourth-order valence-electron chi connectivity index (χ4n) is 2.67. The minimum atomic E-state index is -3.56. The van der Waals surface area contributed by atoms with Crippen molar-refractivity contribution in [2.45, 2.75) is 31.1 Å². The Kier molecular flexibility index (Phi) is 4.42. The molecule has 2 N–H and O–H groups in total. The first-order valence-electron chi connectivity index (χ1n) is 7.55. The number of aromatic nitrogens is 2. The predicted molar refractivity (Wildman–Crippen MR) is 82.0 cm³/mol. The van der Waals surface area contributed by atoms with Gasteiger partial charge < -0.3 is 9.84 Å². The standard InChI is InChI=1S/C14H20N4O3S/c1-2-13-12-6-11(9-16-14(12)21-18-13)22(19,20)17-8-10-4-3-5-15-7-10/h6,9-10,15,17H,2-5,7-8H2,1H3. The summed E-state index contributed by atoms with van der Waals surface area (Å²) < 4.78 is 32.6. The lowest BCUT2D eigenvalue weighted by atomic mass is 10.0. The fraction of sp³-hybridized carbons (Fsp3) is 0.571. The van der Waals surface area contributed by atoms with E-state index >= 15 is 0 Å².